The number of nitrogens with zero attached hydrogens (tertiary/aromatic N) is 2. The van der Waals surface area contributed by atoms with Gasteiger partial charge in [0, 0.05) is 17.4 Å². The monoisotopic (exact) mass is 273 g/mol. The van der Waals surface area contributed by atoms with Crippen molar-refractivity contribution in [1.82, 2.24) is 9.97 Å². The third-order valence-electron chi connectivity index (χ3n) is 1.84. The van der Waals surface area contributed by atoms with E-state index in [0.717, 1.165) is 0 Å². The molecule has 3 nitrogen and oxygen atoms in total. The first-order valence-corrected chi connectivity index (χ1v) is 5.49. The molecule has 0 radical (unpaired) electrons. The molecule has 1 aromatic heterocycles. The highest BCUT2D eigenvalue weighted by molar-refractivity contribution is 6.36. The van der Waals surface area contributed by atoms with E-state index in [2.05, 4.69) is 15.3 Å². The second kappa shape index (κ2) is 4.87. The van der Waals surface area contributed by atoms with E-state index in [1.54, 1.807) is 18.2 Å². The Morgan fingerprint density at radius 1 is 1.00 bits per heavy atom. The zero-order chi connectivity index (χ0) is 11.5. The van der Waals surface area contributed by atoms with Gasteiger partial charge in [-0.2, -0.15) is 0 Å². The fourth-order valence-corrected chi connectivity index (χ4v) is 1.73. The molecule has 0 fully saturated rings. The van der Waals surface area contributed by atoms with Gasteiger partial charge < -0.3 is 5.32 Å². The molecular weight excluding hydrogens is 268 g/mol. The minimum absolute atomic E-state index is 0.286. The minimum atomic E-state index is 0.286. The van der Waals surface area contributed by atoms with Crippen LogP contribution in [0.1, 0.15) is 0 Å². The van der Waals surface area contributed by atoms with Gasteiger partial charge in [0.1, 0.15) is 0 Å². The molecule has 0 saturated heterocycles. The van der Waals surface area contributed by atoms with Crippen molar-refractivity contribution in [3.05, 3.63) is 45.8 Å². The molecule has 6 heteroatoms. The smallest absolute Gasteiger partial charge is 0.171 e. The van der Waals surface area contributed by atoms with Crippen molar-refractivity contribution in [3.63, 3.8) is 0 Å². The summed E-state index contributed by atoms with van der Waals surface area (Å²) in [6.07, 6.45) is 3.05. The molecule has 0 bridgehead atoms. The lowest BCUT2D eigenvalue weighted by atomic mass is 10.3. The Kier molecular flexibility index (Phi) is 3.49. The lowest BCUT2D eigenvalue weighted by Gasteiger charge is -2.08. The van der Waals surface area contributed by atoms with E-state index >= 15 is 0 Å². The van der Waals surface area contributed by atoms with Gasteiger partial charge in [0.2, 0.25) is 0 Å². The normalized spacial score (nSPS) is 10.2. The van der Waals surface area contributed by atoms with Crippen LogP contribution in [0.4, 0.5) is 11.5 Å². The van der Waals surface area contributed by atoms with E-state index in [1.165, 1.54) is 12.4 Å². The van der Waals surface area contributed by atoms with Crippen LogP contribution in [0.5, 0.6) is 0 Å². The van der Waals surface area contributed by atoms with Gasteiger partial charge in [-0.15, -0.1) is 0 Å². The first-order chi connectivity index (χ1) is 7.66. The Morgan fingerprint density at radius 2 is 1.75 bits per heavy atom. The van der Waals surface area contributed by atoms with Crippen LogP contribution in [-0.2, 0) is 0 Å². The van der Waals surface area contributed by atoms with Crippen molar-refractivity contribution in [2.75, 3.05) is 5.32 Å². The van der Waals surface area contributed by atoms with Crippen molar-refractivity contribution in [2.24, 2.45) is 0 Å². The quantitative estimate of drug-likeness (QED) is 0.892. The van der Waals surface area contributed by atoms with Gasteiger partial charge in [-0.05, 0) is 18.2 Å². The Labute approximate surface area is 107 Å². The Bertz CT molecular complexity index is 516. The van der Waals surface area contributed by atoms with Gasteiger partial charge in [-0.25, -0.2) is 9.97 Å². The number of benzene rings is 1. The van der Waals surface area contributed by atoms with Gasteiger partial charge in [-0.3, -0.25) is 0 Å². The SMILES string of the molecule is Clc1ccc(Nc2nccnc2Cl)c(Cl)c1. The van der Waals surface area contributed by atoms with E-state index in [4.69, 9.17) is 34.8 Å². The Balaban J connectivity index is 2.31. The van der Waals surface area contributed by atoms with Crippen molar-refractivity contribution in [3.8, 4) is 0 Å². The summed E-state index contributed by atoms with van der Waals surface area (Å²) in [4.78, 5) is 7.93. The van der Waals surface area contributed by atoms with Gasteiger partial charge in [0.15, 0.2) is 11.0 Å². The van der Waals surface area contributed by atoms with Crippen LogP contribution in [0.3, 0.4) is 0 Å². The summed E-state index contributed by atoms with van der Waals surface area (Å²) in [7, 11) is 0. The molecule has 0 atom stereocenters. The van der Waals surface area contributed by atoms with E-state index < -0.39 is 0 Å². The molecular formula is C10H6Cl3N3. The molecule has 0 saturated carbocycles. The summed E-state index contributed by atoms with van der Waals surface area (Å²) < 4.78 is 0. The van der Waals surface area contributed by atoms with Gasteiger partial charge in [0.05, 0.1) is 10.7 Å². The summed E-state index contributed by atoms with van der Waals surface area (Å²) in [6, 6.07) is 5.10. The van der Waals surface area contributed by atoms with E-state index in [-0.39, 0.29) is 5.15 Å². The topological polar surface area (TPSA) is 37.8 Å². The predicted molar refractivity (Wildman–Crippen MR) is 66.8 cm³/mol. The van der Waals surface area contributed by atoms with Crippen LogP contribution in [0.2, 0.25) is 15.2 Å². The molecule has 0 unspecified atom stereocenters. The zero-order valence-corrected chi connectivity index (χ0v) is 10.2. The van der Waals surface area contributed by atoms with Crippen molar-refractivity contribution < 1.29 is 0 Å². The van der Waals surface area contributed by atoms with Crippen molar-refractivity contribution in [1.29, 1.82) is 0 Å². The van der Waals surface area contributed by atoms with Crippen molar-refractivity contribution in [2.45, 2.75) is 0 Å². The number of halogens is 3. The number of anilines is 2. The van der Waals surface area contributed by atoms with Crippen molar-refractivity contribution >= 4 is 46.3 Å². The number of nitrogens with one attached hydrogen (secondary N) is 1. The van der Waals surface area contributed by atoms with Gasteiger partial charge in [0.25, 0.3) is 0 Å². The van der Waals surface area contributed by atoms with Crippen LogP contribution in [0.25, 0.3) is 0 Å². The number of hydrogen-bond donors (Lipinski definition) is 1. The summed E-state index contributed by atoms with van der Waals surface area (Å²) in [6.45, 7) is 0. The number of hydrogen-bond acceptors (Lipinski definition) is 3. The molecule has 0 spiro atoms. The maximum Gasteiger partial charge on any atom is 0.171 e. The zero-order valence-electron chi connectivity index (χ0n) is 7.92. The summed E-state index contributed by atoms with van der Waals surface area (Å²) in [5, 5.41) is 4.32. The second-order valence-corrected chi connectivity index (χ2v) is 4.15. The summed E-state index contributed by atoms with van der Waals surface area (Å²) in [5.41, 5.74) is 0.675. The third-order valence-corrected chi connectivity index (χ3v) is 2.66. The maximum absolute atomic E-state index is 5.99. The number of aromatic nitrogens is 2. The second-order valence-electron chi connectivity index (χ2n) is 2.94. The molecule has 1 N–H and O–H groups in total. The highest BCUT2D eigenvalue weighted by Crippen LogP contribution is 2.29. The number of rotatable bonds is 2. The molecule has 2 aromatic rings. The predicted octanol–water partition coefficient (Wildman–Crippen LogP) is 4.18. The molecule has 1 aromatic carbocycles. The Hall–Kier alpha value is -1.03. The largest absolute Gasteiger partial charge is 0.336 e. The Morgan fingerprint density at radius 3 is 2.44 bits per heavy atom. The average Bonchev–Trinajstić information content (AvgIpc) is 2.25. The van der Waals surface area contributed by atoms with E-state index in [1.807, 2.05) is 0 Å². The van der Waals surface area contributed by atoms with Gasteiger partial charge >= 0.3 is 0 Å². The lowest BCUT2D eigenvalue weighted by molar-refractivity contribution is 1.20. The molecule has 82 valence electrons. The fraction of sp³-hybridized carbons (Fsp3) is 0. The minimum Gasteiger partial charge on any atom is -0.336 e. The first-order valence-electron chi connectivity index (χ1n) is 4.35. The highest BCUT2D eigenvalue weighted by atomic mass is 35.5. The van der Waals surface area contributed by atoms with E-state index in [9.17, 15) is 0 Å². The highest BCUT2D eigenvalue weighted by Gasteiger charge is 2.05. The molecule has 0 aliphatic carbocycles. The first kappa shape index (κ1) is 11.5. The van der Waals surface area contributed by atoms with Crippen LogP contribution in [0, 0.1) is 0 Å². The van der Waals surface area contributed by atoms with Crippen LogP contribution < -0.4 is 5.32 Å². The van der Waals surface area contributed by atoms with Crippen LogP contribution >= 0.6 is 34.8 Å². The third kappa shape index (κ3) is 2.55. The van der Waals surface area contributed by atoms with Gasteiger partial charge in [-0.1, -0.05) is 34.8 Å². The molecule has 16 heavy (non-hydrogen) atoms. The summed E-state index contributed by atoms with van der Waals surface area (Å²) in [5.74, 6) is 0.452. The molecule has 0 aliphatic rings. The molecule has 0 amide bonds. The average molecular weight is 275 g/mol. The maximum atomic E-state index is 5.99. The van der Waals surface area contributed by atoms with E-state index in [0.29, 0.717) is 21.6 Å². The fourth-order valence-electron chi connectivity index (χ4n) is 1.12. The van der Waals surface area contributed by atoms with Crippen LogP contribution in [-0.4, -0.2) is 9.97 Å². The summed E-state index contributed by atoms with van der Waals surface area (Å²) >= 11 is 17.6. The molecule has 0 aliphatic heterocycles. The standard InChI is InChI=1S/C10H6Cl3N3/c11-6-1-2-8(7(12)5-6)16-10-9(13)14-3-4-15-10/h1-5H,(H,15,16). The lowest BCUT2D eigenvalue weighted by Crippen LogP contribution is -1.96. The molecule has 2 rings (SSSR count). The van der Waals surface area contributed by atoms with Crippen LogP contribution in [0.15, 0.2) is 30.6 Å². The molecule has 1 heterocycles.